The molecule has 0 spiro atoms. The van der Waals surface area contributed by atoms with Gasteiger partial charge in [0.1, 0.15) is 17.3 Å². The summed E-state index contributed by atoms with van der Waals surface area (Å²) >= 11 is 3.37. The number of aliphatic hydroxyl groups is 1. The Morgan fingerprint density at radius 3 is 2.50 bits per heavy atom. The van der Waals surface area contributed by atoms with Gasteiger partial charge >= 0.3 is 0 Å². The Morgan fingerprint density at radius 1 is 1.09 bits per heavy atom. The molecule has 4 rings (SSSR count). The van der Waals surface area contributed by atoms with E-state index in [1.54, 1.807) is 55.0 Å². The molecular weight excluding hydrogens is 502 g/mol. The van der Waals surface area contributed by atoms with Crippen LogP contribution in [0.5, 0.6) is 11.5 Å². The number of Topliss-reactive ketones (excluding diaryl/α,β-unsaturated/α-hetero) is 1. The number of hydrogen-bond donors (Lipinski definition) is 1. The molecule has 9 heteroatoms. The molecule has 1 aliphatic heterocycles. The summed E-state index contributed by atoms with van der Waals surface area (Å²) in [4.78, 5) is 31.9. The molecule has 1 unspecified atom stereocenters. The molecule has 8 nitrogen and oxygen atoms in total. The zero-order chi connectivity index (χ0) is 24.2. The van der Waals surface area contributed by atoms with Gasteiger partial charge < -0.3 is 24.0 Å². The predicted molar refractivity (Wildman–Crippen MR) is 130 cm³/mol. The number of carbonyl (C=O) groups excluding carboxylic acids is 2. The number of methoxy groups -OCH3 is 2. The highest BCUT2D eigenvalue weighted by Crippen LogP contribution is 2.44. The van der Waals surface area contributed by atoms with Gasteiger partial charge in [-0.15, -0.1) is 0 Å². The number of aromatic nitrogens is 2. The van der Waals surface area contributed by atoms with Gasteiger partial charge in [-0.25, -0.2) is 4.98 Å². The van der Waals surface area contributed by atoms with Crippen molar-refractivity contribution >= 4 is 33.4 Å². The maximum Gasteiger partial charge on any atom is 0.295 e. The van der Waals surface area contributed by atoms with Crippen LogP contribution in [0, 0.1) is 0 Å². The van der Waals surface area contributed by atoms with E-state index in [1.807, 2.05) is 10.8 Å². The highest BCUT2D eigenvalue weighted by Gasteiger charge is 2.47. The standard InChI is InChI=1S/C25H24BrN3O5/c1-33-18-8-9-20(34-2)19(14-18)22-21(23(30)16-4-6-17(26)7-5-16)24(31)25(32)29(22)12-3-11-28-13-10-27-15-28/h4-10,13-15,22,30H,3,11-12H2,1-2H3. The van der Waals surface area contributed by atoms with Gasteiger partial charge in [0.25, 0.3) is 11.7 Å². The van der Waals surface area contributed by atoms with Gasteiger partial charge in [0.05, 0.1) is 32.2 Å². The minimum atomic E-state index is -0.837. The predicted octanol–water partition coefficient (Wildman–Crippen LogP) is 4.17. The van der Waals surface area contributed by atoms with Crippen LogP contribution in [-0.4, -0.2) is 52.0 Å². The van der Waals surface area contributed by atoms with Crippen molar-refractivity contribution < 1.29 is 24.2 Å². The number of benzene rings is 2. The third kappa shape index (κ3) is 4.56. The molecule has 3 aromatic rings. The van der Waals surface area contributed by atoms with E-state index in [1.165, 1.54) is 19.1 Å². The van der Waals surface area contributed by atoms with E-state index < -0.39 is 17.7 Å². The van der Waals surface area contributed by atoms with Crippen molar-refractivity contribution in [2.45, 2.75) is 19.0 Å². The number of ether oxygens (including phenoxy) is 2. The summed E-state index contributed by atoms with van der Waals surface area (Å²) in [7, 11) is 3.06. The van der Waals surface area contributed by atoms with Crippen LogP contribution in [0.2, 0.25) is 0 Å². The van der Waals surface area contributed by atoms with E-state index >= 15 is 0 Å². The van der Waals surface area contributed by atoms with Crippen molar-refractivity contribution in [1.29, 1.82) is 0 Å². The summed E-state index contributed by atoms with van der Waals surface area (Å²) in [5, 5.41) is 11.2. The molecule has 0 aliphatic carbocycles. The summed E-state index contributed by atoms with van der Waals surface area (Å²) in [6, 6.07) is 11.2. The Kier molecular flexibility index (Phi) is 7.02. The summed E-state index contributed by atoms with van der Waals surface area (Å²) in [6.45, 7) is 0.919. The number of ketones is 1. The zero-order valence-corrected chi connectivity index (χ0v) is 20.4. The Balaban J connectivity index is 1.81. The number of hydrogen-bond acceptors (Lipinski definition) is 6. The van der Waals surface area contributed by atoms with Crippen LogP contribution in [0.3, 0.4) is 0 Å². The van der Waals surface area contributed by atoms with Crippen LogP contribution >= 0.6 is 15.9 Å². The second-order valence-corrected chi connectivity index (χ2v) is 8.68. The topological polar surface area (TPSA) is 93.9 Å². The molecule has 176 valence electrons. The molecule has 1 aromatic heterocycles. The fraction of sp³-hybridized carbons (Fsp3) is 0.240. The molecule has 0 radical (unpaired) electrons. The minimum absolute atomic E-state index is 0.0153. The molecule has 0 saturated carbocycles. The monoisotopic (exact) mass is 525 g/mol. The number of carbonyl (C=O) groups is 2. The third-order valence-corrected chi connectivity index (χ3v) is 6.29. The second-order valence-electron chi connectivity index (χ2n) is 7.76. The smallest absolute Gasteiger partial charge is 0.295 e. The highest BCUT2D eigenvalue weighted by atomic mass is 79.9. The Labute approximate surface area is 205 Å². The Morgan fingerprint density at radius 2 is 1.85 bits per heavy atom. The first-order valence-electron chi connectivity index (χ1n) is 10.7. The van der Waals surface area contributed by atoms with Crippen molar-refractivity contribution in [2.24, 2.45) is 0 Å². The van der Waals surface area contributed by atoms with Crippen molar-refractivity contribution in [1.82, 2.24) is 14.5 Å². The minimum Gasteiger partial charge on any atom is -0.507 e. The fourth-order valence-electron chi connectivity index (χ4n) is 4.09. The lowest BCUT2D eigenvalue weighted by atomic mass is 9.94. The average Bonchev–Trinajstić information content (AvgIpc) is 3.46. The number of aryl methyl sites for hydroxylation is 1. The van der Waals surface area contributed by atoms with Crippen molar-refractivity contribution in [3.05, 3.63) is 82.4 Å². The normalized spacial score (nSPS) is 17.3. The number of halogens is 1. The molecule has 0 bridgehead atoms. The van der Waals surface area contributed by atoms with Crippen molar-refractivity contribution in [3.8, 4) is 11.5 Å². The van der Waals surface area contributed by atoms with Gasteiger partial charge in [0.2, 0.25) is 0 Å². The molecule has 1 fully saturated rings. The molecule has 1 aliphatic rings. The average molecular weight is 526 g/mol. The van der Waals surface area contributed by atoms with Gasteiger partial charge in [0.15, 0.2) is 0 Å². The molecule has 1 saturated heterocycles. The zero-order valence-electron chi connectivity index (χ0n) is 18.8. The van der Waals surface area contributed by atoms with Crippen LogP contribution in [-0.2, 0) is 16.1 Å². The maximum absolute atomic E-state index is 13.2. The van der Waals surface area contributed by atoms with E-state index in [9.17, 15) is 14.7 Å². The van der Waals surface area contributed by atoms with Crippen LogP contribution in [0.1, 0.15) is 23.6 Å². The van der Waals surface area contributed by atoms with Crippen molar-refractivity contribution in [3.63, 3.8) is 0 Å². The SMILES string of the molecule is COc1ccc(OC)c(C2C(=C(O)c3ccc(Br)cc3)C(=O)C(=O)N2CCCn2ccnc2)c1. The number of nitrogens with zero attached hydrogens (tertiary/aromatic N) is 3. The van der Waals surface area contributed by atoms with Gasteiger partial charge in [-0.1, -0.05) is 28.1 Å². The quantitative estimate of drug-likeness (QED) is 0.269. The van der Waals surface area contributed by atoms with Gasteiger partial charge in [0, 0.05) is 41.1 Å². The van der Waals surface area contributed by atoms with E-state index in [0.29, 0.717) is 42.1 Å². The molecule has 34 heavy (non-hydrogen) atoms. The van der Waals surface area contributed by atoms with E-state index in [0.717, 1.165) is 4.47 Å². The van der Waals surface area contributed by atoms with Crippen LogP contribution in [0.4, 0.5) is 0 Å². The maximum atomic E-state index is 13.2. The summed E-state index contributed by atoms with van der Waals surface area (Å²) in [6.07, 6.45) is 5.81. The number of amides is 1. The first kappa shape index (κ1) is 23.6. The van der Waals surface area contributed by atoms with Gasteiger partial charge in [-0.05, 0) is 36.8 Å². The molecule has 1 N–H and O–H groups in total. The summed E-state index contributed by atoms with van der Waals surface area (Å²) in [5.41, 5.74) is 1.01. The second kappa shape index (κ2) is 10.1. The van der Waals surface area contributed by atoms with E-state index in [4.69, 9.17) is 9.47 Å². The van der Waals surface area contributed by atoms with E-state index in [2.05, 4.69) is 20.9 Å². The highest BCUT2D eigenvalue weighted by molar-refractivity contribution is 9.10. The number of imidazole rings is 1. The lowest BCUT2D eigenvalue weighted by molar-refractivity contribution is -0.140. The molecule has 2 heterocycles. The molecule has 2 aromatic carbocycles. The Bertz CT molecular complexity index is 1220. The van der Waals surface area contributed by atoms with Crippen molar-refractivity contribution in [2.75, 3.05) is 20.8 Å². The van der Waals surface area contributed by atoms with Gasteiger partial charge in [-0.3, -0.25) is 9.59 Å². The number of rotatable bonds is 8. The first-order valence-corrected chi connectivity index (χ1v) is 11.5. The largest absolute Gasteiger partial charge is 0.507 e. The van der Waals surface area contributed by atoms with E-state index in [-0.39, 0.29) is 11.3 Å². The molecule has 1 amide bonds. The van der Waals surface area contributed by atoms with Crippen LogP contribution in [0.15, 0.2) is 71.2 Å². The Hall–Kier alpha value is -3.59. The van der Waals surface area contributed by atoms with Crippen LogP contribution < -0.4 is 9.47 Å². The first-order chi connectivity index (χ1) is 16.4. The number of aliphatic hydroxyl groups excluding tert-OH is 1. The lowest BCUT2D eigenvalue weighted by Crippen LogP contribution is -2.31. The molecular formula is C25H24BrN3O5. The van der Waals surface area contributed by atoms with Crippen LogP contribution in [0.25, 0.3) is 5.76 Å². The molecule has 1 atom stereocenters. The fourth-order valence-corrected chi connectivity index (χ4v) is 4.36. The lowest BCUT2D eigenvalue weighted by Gasteiger charge is -2.27. The third-order valence-electron chi connectivity index (χ3n) is 5.76. The summed E-state index contributed by atoms with van der Waals surface area (Å²) in [5.74, 6) is -0.618. The summed E-state index contributed by atoms with van der Waals surface area (Å²) < 4.78 is 13.7. The van der Waals surface area contributed by atoms with Gasteiger partial charge in [-0.2, -0.15) is 0 Å². The number of likely N-dealkylation sites (tertiary alicyclic amines) is 1.